The molecule has 0 aliphatic heterocycles. The number of hydrogen-bond acceptors (Lipinski definition) is 6. The van der Waals surface area contributed by atoms with Crippen molar-refractivity contribution in [1.29, 1.82) is 0 Å². The maximum Gasteiger partial charge on any atom is 0.262 e. The highest BCUT2D eigenvalue weighted by Gasteiger charge is 2.16. The Hall–Kier alpha value is -2.74. The van der Waals surface area contributed by atoms with Gasteiger partial charge >= 0.3 is 0 Å². The number of benzene rings is 2. The molecule has 0 aliphatic rings. The summed E-state index contributed by atoms with van der Waals surface area (Å²) in [5, 5.41) is 7.24. The van der Waals surface area contributed by atoms with Crippen molar-refractivity contribution in [2.24, 2.45) is 5.10 Å². The largest absolute Gasteiger partial charge is 0.493 e. The Labute approximate surface area is 173 Å². The minimum atomic E-state index is -0.404. The van der Waals surface area contributed by atoms with Crippen LogP contribution < -0.4 is 25.0 Å². The maximum absolute atomic E-state index is 12.4. The van der Waals surface area contributed by atoms with Crippen LogP contribution in [0.1, 0.15) is 18.9 Å². The third-order valence-corrected chi connectivity index (χ3v) is 4.51. The first-order valence-electron chi connectivity index (χ1n) is 8.67. The fraction of sp³-hybridized carbons (Fsp3) is 0.300. The maximum atomic E-state index is 12.4. The van der Waals surface area contributed by atoms with Crippen LogP contribution in [0.4, 0.5) is 5.69 Å². The molecule has 2 aromatic rings. The molecule has 0 saturated carbocycles. The summed E-state index contributed by atoms with van der Waals surface area (Å²) in [6.45, 7) is 1.93. The Kier molecular flexibility index (Phi) is 8.13. The van der Waals surface area contributed by atoms with Crippen molar-refractivity contribution in [3.8, 4) is 17.2 Å². The molecule has 0 aromatic heterocycles. The molecule has 0 fully saturated rings. The summed E-state index contributed by atoms with van der Waals surface area (Å²) in [7, 11) is 4.62. The van der Waals surface area contributed by atoms with Crippen molar-refractivity contribution in [2.45, 2.75) is 19.4 Å². The minimum Gasteiger partial charge on any atom is -0.493 e. The van der Waals surface area contributed by atoms with Crippen LogP contribution >= 0.6 is 15.9 Å². The van der Waals surface area contributed by atoms with Gasteiger partial charge in [-0.1, -0.05) is 22.9 Å². The zero-order valence-electron chi connectivity index (χ0n) is 16.3. The zero-order valence-corrected chi connectivity index (χ0v) is 17.9. The monoisotopic (exact) mass is 449 g/mol. The molecule has 0 saturated heterocycles. The molecule has 150 valence electrons. The van der Waals surface area contributed by atoms with E-state index in [0.29, 0.717) is 29.2 Å². The van der Waals surface area contributed by atoms with Gasteiger partial charge in [-0.25, -0.2) is 5.43 Å². The number of anilines is 1. The van der Waals surface area contributed by atoms with Crippen molar-refractivity contribution in [2.75, 3.05) is 26.6 Å². The summed E-state index contributed by atoms with van der Waals surface area (Å²) in [6, 6.07) is 10.7. The molecular weight excluding hydrogens is 426 g/mol. The Morgan fingerprint density at radius 3 is 2.21 bits per heavy atom. The SMILES string of the molecule is CCC(Nc1ccc(Br)cc1)C(=O)N/N=C/c1cc(OC)c(OC)c(OC)c1. The lowest BCUT2D eigenvalue weighted by Crippen LogP contribution is -2.36. The summed E-state index contributed by atoms with van der Waals surface area (Å²) in [5.41, 5.74) is 4.12. The molecule has 0 aliphatic carbocycles. The molecule has 0 heterocycles. The number of halogens is 1. The number of hydrogen-bond donors (Lipinski definition) is 2. The van der Waals surface area contributed by atoms with E-state index in [0.717, 1.165) is 10.2 Å². The first kappa shape index (κ1) is 21.6. The second-order valence-corrected chi connectivity index (χ2v) is 6.72. The normalized spacial score (nSPS) is 11.8. The smallest absolute Gasteiger partial charge is 0.262 e. The highest BCUT2D eigenvalue weighted by molar-refractivity contribution is 9.10. The molecule has 1 amide bonds. The molecule has 0 bridgehead atoms. The Morgan fingerprint density at radius 1 is 1.11 bits per heavy atom. The van der Waals surface area contributed by atoms with Crippen LogP contribution in [0.3, 0.4) is 0 Å². The Balaban J connectivity index is 2.06. The second-order valence-electron chi connectivity index (χ2n) is 5.80. The van der Waals surface area contributed by atoms with E-state index in [2.05, 4.69) is 31.8 Å². The van der Waals surface area contributed by atoms with Gasteiger partial charge < -0.3 is 19.5 Å². The van der Waals surface area contributed by atoms with Gasteiger partial charge in [-0.3, -0.25) is 4.79 Å². The van der Waals surface area contributed by atoms with E-state index < -0.39 is 6.04 Å². The van der Waals surface area contributed by atoms with Gasteiger partial charge in [0.25, 0.3) is 5.91 Å². The quantitative estimate of drug-likeness (QED) is 0.449. The van der Waals surface area contributed by atoms with Gasteiger partial charge in [0.15, 0.2) is 11.5 Å². The third-order valence-electron chi connectivity index (χ3n) is 3.99. The summed E-state index contributed by atoms with van der Waals surface area (Å²) in [4.78, 5) is 12.4. The zero-order chi connectivity index (χ0) is 20.5. The fourth-order valence-corrected chi connectivity index (χ4v) is 2.79. The molecule has 0 spiro atoms. The molecule has 2 N–H and O–H groups in total. The van der Waals surface area contributed by atoms with Gasteiger partial charge in [-0.2, -0.15) is 5.10 Å². The van der Waals surface area contributed by atoms with E-state index in [1.807, 2.05) is 31.2 Å². The summed E-state index contributed by atoms with van der Waals surface area (Å²) < 4.78 is 16.9. The topological polar surface area (TPSA) is 81.2 Å². The Bertz CT molecular complexity index is 800. The van der Waals surface area contributed by atoms with E-state index >= 15 is 0 Å². The number of carbonyl (C=O) groups excluding carboxylic acids is 1. The fourth-order valence-electron chi connectivity index (χ4n) is 2.52. The number of methoxy groups -OCH3 is 3. The first-order chi connectivity index (χ1) is 13.5. The average molecular weight is 450 g/mol. The van der Waals surface area contributed by atoms with Gasteiger partial charge in [0.1, 0.15) is 6.04 Å². The number of nitrogens with one attached hydrogen (secondary N) is 2. The number of ether oxygens (including phenoxy) is 3. The van der Waals surface area contributed by atoms with Gasteiger partial charge in [-0.15, -0.1) is 0 Å². The molecule has 2 aromatic carbocycles. The molecular formula is C20H24BrN3O4. The van der Waals surface area contributed by atoms with E-state index in [1.165, 1.54) is 13.3 Å². The van der Waals surface area contributed by atoms with Crippen molar-refractivity contribution in [1.82, 2.24) is 5.43 Å². The van der Waals surface area contributed by atoms with Crippen molar-refractivity contribution >= 4 is 33.7 Å². The predicted molar refractivity (Wildman–Crippen MR) is 114 cm³/mol. The summed E-state index contributed by atoms with van der Waals surface area (Å²) in [6.07, 6.45) is 2.14. The first-order valence-corrected chi connectivity index (χ1v) is 9.46. The molecule has 1 unspecified atom stereocenters. The Morgan fingerprint density at radius 2 is 1.71 bits per heavy atom. The predicted octanol–water partition coefficient (Wildman–Crippen LogP) is 3.82. The highest BCUT2D eigenvalue weighted by atomic mass is 79.9. The van der Waals surface area contributed by atoms with Crippen molar-refractivity contribution < 1.29 is 19.0 Å². The lowest BCUT2D eigenvalue weighted by molar-refractivity contribution is -0.121. The lowest BCUT2D eigenvalue weighted by atomic mass is 10.2. The van der Waals surface area contributed by atoms with Crippen molar-refractivity contribution in [3.63, 3.8) is 0 Å². The van der Waals surface area contributed by atoms with Gasteiger partial charge in [0.05, 0.1) is 27.5 Å². The van der Waals surface area contributed by atoms with Crippen LogP contribution in [0, 0.1) is 0 Å². The summed E-state index contributed by atoms with van der Waals surface area (Å²) in [5.74, 6) is 1.29. The van der Waals surface area contributed by atoms with Crippen LogP contribution in [-0.2, 0) is 4.79 Å². The highest BCUT2D eigenvalue weighted by Crippen LogP contribution is 2.37. The van der Waals surface area contributed by atoms with Crippen LogP contribution in [-0.4, -0.2) is 39.5 Å². The number of carbonyl (C=O) groups is 1. The third kappa shape index (κ3) is 5.63. The van der Waals surface area contributed by atoms with E-state index in [9.17, 15) is 4.79 Å². The van der Waals surface area contributed by atoms with Gasteiger partial charge in [0, 0.05) is 15.7 Å². The second kappa shape index (κ2) is 10.6. The molecule has 0 radical (unpaired) electrons. The average Bonchev–Trinajstić information content (AvgIpc) is 2.72. The number of rotatable bonds is 9. The molecule has 1 atom stereocenters. The van der Waals surface area contributed by atoms with Crippen LogP contribution in [0.5, 0.6) is 17.2 Å². The number of hydrazone groups is 1. The van der Waals surface area contributed by atoms with E-state index in [-0.39, 0.29) is 5.91 Å². The molecule has 2 rings (SSSR count). The summed E-state index contributed by atoms with van der Waals surface area (Å²) >= 11 is 3.39. The number of nitrogens with zero attached hydrogens (tertiary/aromatic N) is 1. The van der Waals surface area contributed by atoms with Crippen LogP contribution in [0.2, 0.25) is 0 Å². The molecule has 28 heavy (non-hydrogen) atoms. The molecule has 7 nitrogen and oxygen atoms in total. The lowest BCUT2D eigenvalue weighted by Gasteiger charge is -2.16. The standard InChI is InChI=1S/C20H24BrN3O4/c1-5-16(23-15-8-6-14(21)7-9-15)20(25)24-22-12-13-10-17(26-2)19(28-4)18(11-13)27-3/h6-12,16,23H,5H2,1-4H3,(H,24,25)/b22-12+. The molecule has 8 heteroatoms. The van der Waals surface area contributed by atoms with E-state index in [1.54, 1.807) is 26.4 Å². The van der Waals surface area contributed by atoms with Crippen LogP contribution in [0.25, 0.3) is 0 Å². The van der Waals surface area contributed by atoms with Crippen LogP contribution in [0.15, 0.2) is 46.0 Å². The van der Waals surface area contributed by atoms with Crippen molar-refractivity contribution in [3.05, 3.63) is 46.4 Å². The van der Waals surface area contributed by atoms with Gasteiger partial charge in [-0.05, 0) is 42.8 Å². The van der Waals surface area contributed by atoms with E-state index in [4.69, 9.17) is 14.2 Å². The number of amides is 1. The van der Waals surface area contributed by atoms with Gasteiger partial charge in [0.2, 0.25) is 5.75 Å². The minimum absolute atomic E-state index is 0.228.